The summed E-state index contributed by atoms with van der Waals surface area (Å²) in [6.07, 6.45) is 1.20. The minimum absolute atomic E-state index is 0.376. The van der Waals surface area contributed by atoms with Crippen LogP contribution in [0.2, 0.25) is 10.0 Å². The monoisotopic (exact) mass is 272 g/mol. The summed E-state index contributed by atoms with van der Waals surface area (Å²) < 4.78 is 0. The van der Waals surface area contributed by atoms with E-state index in [1.54, 1.807) is 0 Å². The second-order valence-electron chi connectivity index (χ2n) is 4.73. The maximum absolute atomic E-state index is 6.05. The van der Waals surface area contributed by atoms with Crippen LogP contribution in [0.3, 0.4) is 0 Å². The standard InChI is InChI=1S/C13H18Cl2N2/c1-9(17-5-4-10(7-16)8-17)11-2-3-12(14)13(15)6-11/h2-3,6,9-10H,4-5,7-8,16H2,1H3. The molecule has 1 heterocycles. The van der Waals surface area contributed by atoms with Gasteiger partial charge in [-0.05, 0) is 50.0 Å². The maximum Gasteiger partial charge on any atom is 0.0595 e. The second kappa shape index (κ2) is 5.57. The lowest BCUT2D eigenvalue weighted by Crippen LogP contribution is -2.26. The predicted molar refractivity (Wildman–Crippen MR) is 73.6 cm³/mol. The normalized spacial score (nSPS) is 22.9. The molecule has 0 bridgehead atoms. The van der Waals surface area contributed by atoms with Crippen molar-refractivity contribution in [2.75, 3.05) is 19.6 Å². The Morgan fingerprint density at radius 3 is 2.76 bits per heavy atom. The van der Waals surface area contributed by atoms with Gasteiger partial charge in [0.1, 0.15) is 0 Å². The lowest BCUT2D eigenvalue weighted by molar-refractivity contribution is 0.253. The van der Waals surface area contributed by atoms with E-state index in [2.05, 4.69) is 17.9 Å². The molecule has 0 aromatic heterocycles. The van der Waals surface area contributed by atoms with Gasteiger partial charge in [-0.25, -0.2) is 0 Å². The topological polar surface area (TPSA) is 29.3 Å². The fourth-order valence-corrected chi connectivity index (χ4v) is 2.70. The summed E-state index contributed by atoms with van der Waals surface area (Å²) in [5, 5.41) is 1.24. The average Bonchev–Trinajstić information content (AvgIpc) is 2.80. The molecular weight excluding hydrogens is 255 g/mol. The molecule has 1 aromatic rings. The van der Waals surface area contributed by atoms with Crippen molar-refractivity contribution in [3.8, 4) is 0 Å². The van der Waals surface area contributed by atoms with E-state index >= 15 is 0 Å². The van der Waals surface area contributed by atoms with Crippen molar-refractivity contribution in [1.82, 2.24) is 4.90 Å². The predicted octanol–water partition coefficient (Wildman–Crippen LogP) is 3.34. The van der Waals surface area contributed by atoms with Gasteiger partial charge >= 0.3 is 0 Å². The van der Waals surface area contributed by atoms with Gasteiger partial charge in [-0.2, -0.15) is 0 Å². The second-order valence-corrected chi connectivity index (χ2v) is 5.55. The molecule has 4 heteroatoms. The molecule has 1 aliphatic rings. The zero-order valence-corrected chi connectivity index (χ0v) is 11.5. The molecule has 2 unspecified atom stereocenters. The zero-order chi connectivity index (χ0) is 12.4. The van der Waals surface area contributed by atoms with Crippen molar-refractivity contribution in [2.24, 2.45) is 11.7 Å². The molecule has 2 N–H and O–H groups in total. The molecule has 2 rings (SSSR count). The summed E-state index contributed by atoms with van der Waals surface area (Å²) in [6.45, 7) is 5.18. The summed E-state index contributed by atoms with van der Waals surface area (Å²) in [4.78, 5) is 2.46. The van der Waals surface area contributed by atoms with Crippen LogP contribution in [0.25, 0.3) is 0 Å². The number of likely N-dealkylation sites (tertiary alicyclic amines) is 1. The van der Waals surface area contributed by atoms with Gasteiger partial charge in [0.2, 0.25) is 0 Å². The quantitative estimate of drug-likeness (QED) is 0.915. The van der Waals surface area contributed by atoms with Crippen LogP contribution < -0.4 is 5.73 Å². The van der Waals surface area contributed by atoms with E-state index in [0.717, 1.165) is 19.6 Å². The van der Waals surface area contributed by atoms with Crippen molar-refractivity contribution in [2.45, 2.75) is 19.4 Å². The van der Waals surface area contributed by atoms with Crippen LogP contribution in [0.5, 0.6) is 0 Å². The van der Waals surface area contributed by atoms with Gasteiger partial charge in [-0.15, -0.1) is 0 Å². The molecule has 1 aromatic carbocycles. The molecule has 17 heavy (non-hydrogen) atoms. The molecular formula is C13H18Cl2N2. The van der Waals surface area contributed by atoms with E-state index in [-0.39, 0.29) is 0 Å². The Morgan fingerprint density at radius 2 is 2.18 bits per heavy atom. The van der Waals surface area contributed by atoms with Gasteiger partial charge in [0, 0.05) is 12.6 Å². The Hall–Kier alpha value is -0.280. The first-order valence-corrected chi connectivity index (χ1v) is 6.76. The number of nitrogens with two attached hydrogens (primary N) is 1. The van der Waals surface area contributed by atoms with E-state index < -0.39 is 0 Å². The van der Waals surface area contributed by atoms with Crippen molar-refractivity contribution in [3.63, 3.8) is 0 Å². The smallest absolute Gasteiger partial charge is 0.0595 e. The molecule has 94 valence electrons. The highest BCUT2D eigenvalue weighted by Crippen LogP contribution is 2.30. The molecule has 0 spiro atoms. The lowest BCUT2D eigenvalue weighted by atomic mass is 10.1. The Balaban J connectivity index is 2.09. The molecule has 1 saturated heterocycles. The fraction of sp³-hybridized carbons (Fsp3) is 0.538. The van der Waals surface area contributed by atoms with Crippen molar-refractivity contribution < 1.29 is 0 Å². The molecule has 0 saturated carbocycles. The number of hydrogen-bond acceptors (Lipinski definition) is 2. The Morgan fingerprint density at radius 1 is 1.41 bits per heavy atom. The van der Waals surface area contributed by atoms with Crippen LogP contribution in [0, 0.1) is 5.92 Å². The van der Waals surface area contributed by atoms with Gasteiger partial charge in [-0.1, -0.05) is 29.3 Å². The van der Waals surface area contributed by atoms with E-state index in [9.17, 15) is 0 Å². The molecule has 0 radical (unpaired) electrons. The molecule has 0 amide bonds. The van der Waals surface area contributed by atoms with E-state index in [1.807, 2.05) is 12.1 Å². The van der Waals surface area contributed by atoms with Crippen molar-refractivity contribution in [1.29, 1.82) is 0 Å². The third-order valence-corrected chi connectivity index (χ3v) is 4.36. The van der Waals surface area contributed by atoms with E-state index in [4.69, 9.17) is 28.9 Å². The number of rotatable bonds is 3. The van der Waals surface area contributed by atoms with Gasteiger partial charge < -0.3 is 5.73 Å². The number of nitrogens with zero attached hydrogens (tertiary/aromatic N) is 1. The minimum atomic E-state index is 0.376. The van der Waals surface area contributed by atoms with Gasteiger partial charge in [0.05, 0.1) is 10.0 Å². The van der Waals surface area contributed by atoms with E-state index in [1.165, 1.54) is 12.0 Å². The summed E-state index contributed by atoms with van der Waals surface area (Å²) in [6, 6.07) is 6.26. The average molecular weight is 273 g/mol. The molecule has 1 fully saturated rings. The van der Waals surface area contributed by atoms with Crippen molar-refractivity contribution >= 4 is 23.2 Å². The largest absolute Gasteiger partial charge is 0.330 e. The highest BCUT2D eigenvalue weighted by Gasteiger charge is 2.25. The third-order valence-electron chi connectivity index (χ3n) is 3.62. The van der Waals surface area contributed by atoms with Gasteiger partial charge in [0.25, 0.3) is 0 Å². The lowest BCUT2D eigenvalue weighted by Gasteiger charge is -2.25. The SMILES string of the molecule is CC(c1ccc(Cl)c(Cl)c1)N1CCC(CN)C1. The Bertz CT molecular complexity index is 395. The zero-order valence-electron chi connectivity index (χ0n) is 10.00. The highest BCUT2D eigenvalue weighted by atomic mass is 35.5. The van der Waals surface area contributed by atoms with Crippen molar-refractivity contribution in [3.05, 3.63) is 33.8 Å². The highest BCUT2D eigenvalue weighted by molar-refractivity contribution is 6.42. The molecule has 0 aliphatic carbocycles. The van der Waals surface area contributed by atoms with Gasteiger partial charge in [-0.3, -0.25) is 4.90 Å². The number of benzene rings is 1. The first kappa shape index (κ1) is 13.2. The van der Waals surface area contributed by atoms with Crippen LogP contribution >= 0.6 is 23.2 Å². The van der Waals surface area contributed by atoms with Crippen LogP contribution in [0.4, 0.5) is 0 Å². The van der Waals surface area contributed by atoms with Crippen LogP contribution in [0.1, 0.15) is 24.9 Å². The van der Waals surface area contributed by atoms with Gasteiger partial charge in [0.15, 0.2) is 0 Å². The summed E-state index contributed by atoms with van der Waals surface area (Å²) in [5.41, 5.74) is 6.93. The Kier molecular flexibility index (Phi) is 4.31. The Labute approximate surface area is 113 Å². The van der Waals surface area contributed by atoms with Crippen LogP contribution in [-0.4, -0.2) is 24.5 Å². The minimum Gasteiger partial charge on any atom is -0.330 e. The first-order chi connectivity index (χ1) is 8.11. The summed E-state index contributed by atoms with van der Waals surface area (Å²) >= 11 is 12.0. The first-order valence-electron chi connectivity index (χ1n) is 6.01. The summed E-state index contributed by atoms with van der Waals surface area (Å²) in [7, 11) is 0. The maximum atomic E-state index is 6.05. The molecule has 2 atom stereocenters. The number of hydrogen-bond donors (Lipinski definition) is 1. The number of halogens is 2. The fourth-order valence-electron chi connectivity index (χ4n) is 2.39. The summed E-state index contributed by atoms with van der Waals surface area (Å²) in [5.74, 6) is 0.639. The van der Waals surface area contributed by atoms with Crippen LogP contribution in [-0.2, 0) is 0 Å². The van der Waals surface area contributed by atoms with Crippen LogP contribution in [0.15, 0.2) is 18.2 Å². The molecule has 2 nitrogen and oxygen atoms in total. The molecule has 1 aliphatic heterocycles. The third kappa shape index (κ3) is 2.94. The van der Waals surface area contributed by atoms with E-state index in [0.29, 0.717) is 22.0 Å².